The molecule has 1 heterocycles. The minimum absolute atomic E-state index is 0.147. The number of nitrogens with zero attached hydrogens (tertiary/aromatic N) is 1. The molecule has 1 N–H and O–H groups in total. The van der Waals surface area contributed by atoms with E-state index in [1.165, 1.54) is 25.1 Å². The van der Waals surface area contributed by atoms with E-state index in [1.54, 1.807) is 17.7 Å². The summed E-state index contributed by atoms with van der Waals surface area (Å²) >= 11 is 6.14. The molecule has 1 aromatic carbocycles. The fourth-order valence-corrected chi connectivity index (χ4v) is 2.08. The fraction of sp³-hybridized carbons (Fsp3) is 0.154. The van der Waals surface area contributed by atoms with Crippen molar-refractivity contribution in [3.05, 3.63) is 40.3 Å². The molecule has 0 unspecified atom stereocenters. The predicted octanol–water partition coefficient (Wildman–Crippen LogP) is 3.46. The number of carbonyl (C=O) groups is 1. The summed E-state index contributed by atoms with van der Waals surface area (Å²) in [7, 11) is 1.75. The van der Waals surface area contributed by atoms with Gasteiger partial charge >= 0.3 is 5.97 Å². The van der Waals surface area contributed by atoms with E-state index in [-0.39, 0.29) is 11.4 Å². The Hall–Kier alpha value is -1.81. The Morgan fingerprint density at radius 1 is 1.50 bits per heavy atom. The van der Waals surface area contributed by atoms with Crippen LogP contribution in [0.15, 0.2) is 23.8 Å². The van der Waals surface area contributed by atoms with E-state index >= 15 is 0 Å². The Morgan fingerprint density at radius 2 is 2.17 bits per heavy atom. The summed E-state index contributed by atoms with van der Waals surface area (Å²) in [5, 5.41) is 9.86. The van der Waals surface area contributed by atoms with Gasteiger partial charge in [0.25, 0.3) is 0 Å². The average molecular weight is 268 g/mol. The molecule has 0 saturated heterocycles. The van der Waals surface area contributed by atoms with Gasteiger partial charge in [0.05, 0.1) is 0 Å². The molecular weight excluding hydrogens is 257 g/mol. The Labute approximate surface area is 108 Å². The maximum Gasteiger partial charge on any atom is 0.331 e. The molecule has 18 heavy (non-hydrogen) atoms. The second-order valence-corrected chi connectivity index (χ2v) is 4.42. The van der Waals surface area contributed by atoms with Crippen molar-refractivity contribution in [2.45, 2.75) is 6.92 Å². The predicted molar refractivity (Wildman–Crippen MR) is 69.2 cm³/mol. The van der Waals surface area contributed by atoms with Crippen LogP contribution >= 0.6 is 11.6 Å². The summed E-state index contributed by atoms with van der Waals surface area (Å²) in [5.41, 5.74) is 1.42. The molecule has 0 saturated carbocycles. The minimum atomic E-state index is -1.03. The van der Waals surface area contributed by atoms with Crippen molar-refractivity contribution in [2.24, 2.45) is 7.05 Å². The van der Waals surface area contributed by atoms with Gasteiger partial charge in [-0.3, -0.25) is 0 Å². The minimum Gasteiger partial charge on any atom is -0.478 e. The van der Waals surface area contributed by atoms with Crippen molar-refractivity contribution >= 4 is 34.5 Å². The number of fused-ring (bicyclic) bond motifs is 1. The van der Waals surface area contributed by atoms with Crippen LogP contribution < -0.4 is 0 Å². The van der Waals surface area contributed by atoms with Gasteiger partial charge in [0.15, 0.2) is 0 Å². The van der Waals surface area contributed by atoms with Crippen LogP contribution in [0.1, 0.15) is 12.5 Å². The zero-order valence-electron chi connectivity index (χ0n) is 9.87. The van der Waals surface area contributed by atoms with Gasteiger partial charge in [0.2, 0.25) is 0 Å². The first kappa shape index (κ1) is 12.6. The second-order valence-electron chi connectivity index (χ2n) is 4.06. The molecule has 5 heteroatoms. The monoisotopic (exact) mass is 267 g/mol. The molecule has 2 rings (SSSR count). The highest BCUT2D eigenvalue weighted by molar-refractivity contribution is 6.33. The van der Waals surface area contributed by atoms with E-state index in [0.717, 1.165) is 5.52 Å². The van der Waals surface area contributed by atoms with E-state index in [9.17, 15) is 9.18 Å². The van der Waals surface area contributed by atoms with Gasteiger partial charge in [-0.25, -0.2) is 9.18 Å². The normalized spacial score (nSPS) is 12.1. The Bertz CT molecular complexity index is 673. The number of carboxylic acid groups (broad SMARTS) is 1. The van der Waals surface area contributed by atoms with Gasteiger partial charge in [0, 0.05) is 29.1 Å². The van der Waals surface area contributed by atoms with Gasteiger partial charge in [-0.15, -0.1) is 0 Å². The number of aryl methyl sites for hydroxylation is 1. The number of hydrogen-bond acceptors (Lipinski definition) is 1. The van der Waals surface area contributed by atoms with E-state index in [0.29, 0.717) is 16.1 Å². The highest BCUT2D eigenvalue weighted by Gasteiger charge is 2.13. The number of carboxylic acids is 1. The highest BCUT2D eigenvalue weighted by Crippen LogP contribution is 2.31. The molecular formula is C13H11ClFNO2. The molecule has 1 aromatic heterocycles. The summed E-state index contributed by atoms with van der Waals surface area (Å²) in [6, 6.07) is 4.31. The van der Waals surface area contributed by atoms with E-state index in [1.807, 2.05) is 0 Å². The number of halogens is 2. The summed E-state index contributed by atoms with van der Waals surface area (Å²) in [6.07, 6.45) is 1.45. The molecule has 0 bridgehead atoms. The molecule has 0 aliphatic carbocycles. The molecule has 3 nitrogen and oxygen atoms in total. The van der Waals surface area contributed by atoms with E-state index in [2.05, 4.69) is 0 Å². The lowest BCUT2D eigenvalue weighted by Crippen LogP contribution is -1.95. The van der Waals surface area contributed by atoms with E-state index in [4.69, 9.17) is 16.7 Å². The smallest absolute Gasteiger partial charge is 0.331 e. The Morgan fingerprint density at radius 3 is 2.78 bits per heavy atom. The Balaban J connectivity index is 2.77. The average Bonchev–Trinajstić information content (AvgIpc) is 2.54. The summed E-state index contributed by atoms with van der Waals surface area (Å²) in [4.78, 5) is 10.8. The van der Waals surface area contributed by atoms with Crippen LogP contribution in [0.4, 0.5) is 4.39 Å². The summed E-state index contributed by atoms with van der Waals surface area (Å²) in [6.45, 7) is 1.47. The van der Waals surface area contributed by atoms with Gasteiger partial charge < -0.3 is 9.67 Å². The van der Waals surface area contributed by atoms with Crippen molar-refractivity contribution in [1.82, 2.24) is 4.57 Å². The van der Waals surface area contributed by atoms with Crippen LogP contribution in [-0.2, 0) is 11.8 Å². The molecule has 94 valence electrons. The molecule has 0 amide bonds. The number of aromatic nitrogens is 1. The third-order valence-corrected chi connectivity index (χ3v) is 3.28. The second kappa shape index (κ2) is 4.46. The van der Waals surface area contributed by atoms with Crippen LogP contribution in [0.2, 0.25) is 5.15 Å². The van der Waals surface area contributed by atoms with Gasteiger partial charge in [0.1, 0.15) is 11.0 Å². The standard InChI is InChI=1S/C13H11ClFNO2/c1-7(13(17)18)5-10-9-6-8(15)3-4-11(9)16(2)12(10)14/h3-6H,1-2H3,(H,17,18)/b7-5+. The third-order valence-electron chi connectivity index (χ3n) is 2.83. The van der Waals surface area contributed by atoms with Crippen molar-refractivity contribution in [3.8, 4) is 0 Å². The van der Waals surface area contributed by atoms with Crippen LogP contribution in [0, 0.1) is 5.82 Å². The zero-order valence-corrected chi connectivity index (χ0v) is 10.6. The van der Waals surface area contributed by atoms with Gasteiger partial charge in [-0.1, -0.05) is 11.6 Å². The molecule has 0 fully saturated rings. The quantitative estimate of drug-likeness (QED) is 0.847. The number of rotatable bonds is 2. The molecule has 0 radical (unpaired) electrons. The lowest BCUT2D eigenvalue weighted by atomic mass is 10.1. The fourth-order valence-electron chi connectivity index (χ4n) is 1.83. The molecule has 0 atom stereocenters. The Kier molecular flexibility index (Phi) is 3.13. The van der Waals surface area contributed by atoms with Crippen LogP contribution in [-0.4, -0.2) is 15.6 Å². The largest absolute Gasteiger partial charge is 0.478 e. The lowest BCUT2D eigenvalue weighted by molar-refractivity contribution is -0.132. The van der Waals surface area contributed by atoms with Crippen LogP contribution in [0.5, 0.6) is 0 Å². The maximum absolute atomic E-state index is 13.3. The van der Waals surface area contributed by atoms with Crippen molar-refractivity contribution in [1.29, 1.82) is 0 Å². The topological polar surface area (TPSA) is 42.2 Å². The van der Waals surface area contributed by atoms with Crippen molar-refractivity contribution < 1.29 is 14.3 Å². The summed E-state index contributed by atoms with van der Waals surface area (Å²) in [5.74, 6) is -1.41. The SMILES string of the molecule is C/C(=C\c1c(Cl)n(C)c2ccc(F)cc12)C(=O)O. The van der Waals surface area contributed by atoms with Crippen molar-refractivity contribution in [2.75, 3.05) is 0 Å². The first-order chi connectivity index (χ1) is 8.41. The first-order valence-electron chi connectivity index (χ1n) is 5.27. The highest BCUT2D eigenvalue weighted by atomic mass is 35.5. The number of benzene rings is 1. The molecule has 0 spiro atoms. The van der Waals surface area contributed by atoms with E-state index < -0.39 is 5.97 Å². The lowest BCUT2D eigenvalue weighted by Gasteiger charge is -1.96. The molecule has 0 aliphatic rings. The number of aliphatic carboxylic acids is 1. The van der Waals surface area contributed by atoms with Gasteiger partial charge in [-0.05, 0) is 31.2 Å². The van der Waals surface area contributed by atoms with Crippen molar-refractivity contribution in [3.63, 3.8) is 0 Å². The maximum atomic E-state index is 13.3. The van der Waals surface area contributed by atoms with Crippen LogP contribution in [0.3, 0.4) is 0 Å². The van der Waals surface area contributed by atoms with Crippen LogP contribution in [0.25, 0.3) is 17.0 Å². The molecule has 2 aromatic rings. The molecule has 0 aliphatic heterocycles. The van der Waals surface area contributed by atoms with Gasteiger partial charge in [-0.2, -0.15) is 0 Å². The summed E-state index contributed by atoms with van der Waals surface area (Å²) < 4.78 is 15.0. The zero-order chi connectivity index (χ0) is 13.4. The first-order valence-corrected chi connectivity index (χ1v) is 5.64. The third kappa shape index (κ3) is 1.99. The number of hydrogen-bond donors (Lipinski definition) is 1.